The summed E-state index contributed by atoms with van der Waals surface area (Å²) in [7, 11) is 0. The molecule has 96 valence electrons. The van der Waals surface area contributed by atoms with E-state index in [1.165, 1.54) is 6.26 Å². The van der Waals surface area contributed by atoms with Crippen LogP contribution in [-0.4, -0.2) is 17.0 Å². The Kier molecular flexibility index (Phi) is 6.11. The summed E-state index contributed by atoms with van der Waals surface area (Å²) in [5.41, 5.74) is -0.0142. The Morgan fingerprint density at radius 3 is 2.82 bits per heavy atom. The molecule has 0 saturated carbocycles. The van der Waals surface area contributed by atoms with Gasteiger partial charge in [-0.1, -0.05) is 22.9 Å². The first-order valence-electron chi connectivity index (χ1n) is 5.73. The first-order chi connectivity index (χ1) is 8.20. The van der Waals surface area contributed by atoms with E-state index in [0.717, 1.165) is 24.6 Å². The van der Waals surface area contributed by atoms with Gasteiger partial charge in [0.15, 0.2) is 0 Å². The molecule has 1 aromatic heterocycles. The van der Waals surface area contributed by atoms with Crippen molar-refractivity contribution in [1.82, 2.24) is 0 Å². The van der Waals surface area contributed by atoms with Crippen LogP contribution in [0.5, 0.6) is 11.7 Å². The highest BCUT2D eigenvalue weighted by Gasteiger charge is 2.12. The average molecular weight is 305 g/mol. The smallest absolute Gasteiger partial charge is 0.289 e. The van der Waals surface area contributed by atoms with Crippen LogP contribution in [0.2, 0.25) is 0 Å². The maximum absolute atomic E-state index is 11.8. The van der Waals surface area contributed by atoms with Crippen LogP contribution in [0, 0.1) is 0 Å². The van der Waals surface area contributed by atoms with E-state index in [-0.39, 0.29) is 22.7 Å². The number of hydrogen-bond acceptors (Lipinski definition) is 4. The Bertz CT molecular complexity index is 400. The average Bonchev–Trinajstić information content (AvgIpc) is 2.32. The van der Waals surface area contributed by atoms with Crippen molar-refractivity contribution < 1.29 is 14.3 Å². The molecule has 0 aromatic carbocycles. The van der Waals surface area contributed by atoms with Crippen LogP contribution in [0.15, 0.2) is 15.5 Å². The van der Waals surface area contributed by atoms with Crippen molar-refractivity contribution in [1.29, 1.82) is 0 Å². The van der Waals surface area contributed by atoms with Gasteiger partial charge in [0, 0.05) is 5.33 Å². The predicted molar refractivity (Wildman–Crippen MR) is 69.2 cm³/mol. The minimum atomic E-state index is -0.316. The lowest BCUT2D eigenvalue weighted by Gasteiger charge is -2.06. The van der Waals surface area contributed by atoms with Gasteiger partial charge in [-0.05, 0) is 25.7 Å². The Hall–Kier alpha value is -0.970. The van der Waals surface area contributed by atoms with Gasteiger partial charge in [-0.25, -0.2) is 0 Å². The molecular formula is C12H17BrO4. The summed E-state index contributed by atoms with van der Waals surface area (Å²) in [6, 6.07) is 0. The molecule has 0 bridgehead atoms. The quantitative estimate of drug-likeness (QED) is 0.621. The molecule has 4 nitrogen and oxygen atoms in total. The molecule has 0 saturated heterocycles. The topological polar surface area (TPSA) is 59.7 Å². The summed E-state index contributed by atoms with van der Waals surface area (Å²) in [4.78, 5) is 11.8. The molecule has 1 N–H and O–H groups in total. The van der Waals surface area contributed by atoms with Crippen LogP contribution in [0.1, 0.15) is 31.7 Å². The molecule has 0 unspecified atom stereocenters. The van der Waals surface area contributed by atoms with E-state index >= 15 is 0 Å². The molecule has 0 radical (unpaired) electrons. The number of alkyl halides is 1. The summed E-state index contributed by atoms with van der Waals surface area (Å²) < 4.78 is 10.2. The van der Waals surface area contributed by atoms with Crippen molar-refractivity contribution in [2.45, 2.75) is 32.6 Å². The van der Waals surface area contributed by atoms with E-state index in [0.29, 0.717) is 13.0 Å². The zero-order chi connectivity index (χ0) is 12.7. The first-order valence-corrected chi connectivity index (χ1v) is 6.85. The minimum absolute atomic E-state index is 0.179. The Morgan fingerprint density at radius 1 is 1.41 bits per heavy atom. The number of hydrogen-bond donors (Lipinski definition) is 1. The zero-order valence-corrected chi connectivity index (χ0v) is 11.5. The van der Waals surface area contributed by atoms with Crippen LogP contribution < -0.4 is 10.2 Å². The molecule has 0 aliphatic carbocycles. The van der Waals surface area contributed by atoms with Crippen LogP contribution in [0.25, 0.3) is 0 Å². The number of unbranched alkanes of at least 4 members (excludes halogenated alkanes) is 2. The number of aromatic hydroxyl groups is 1. The highest BCUT2D eigenvalue weighted by molar-refractivity contribution is 9.09. The van der Waals surface area contributed by atoms with Crippen LogP contribution in [0.4, 0.5) is 0 Å². The summed E-state index contributed by atoms with van der Waals surface area (Å²) in [6.07, 6.45) is 4.63. The molecule has 0 spiro atoms. The van der Waals surface area contributed by atoms with Crippen LogP contribution in [-0.2, 0) is 6.42 Å². The molecule has 1 heterocycles. The van der Waals surface area contributed by atoms with Gasteiger partial charge in [-0.3, -0.25) is 4.79 Å². The second kappa shape index (κ2) is 7.37. The fourth-order valence-electron chi connectivity index (χ4n) is 1.45. The monoisotopic (exact) mass is 304 g/mol. The SMILES string of the molecule is CCc1c(O)occ(OCCCCCBr)c1=O. The summed E-state index contributed by atoms with van der Waals surface area (Å²) >= 11 is 3.35. The maximum atomic E-state index is 11.8. The fraction of sp³-hybridized carbons (Fsp3) is 0.583. The Morgan fingerprint density at radius 2 is 2.18 bits per heavy atom. The Labute approximate surface area is 109 Å². The highest BCUT2D eigenvalue weighted by atomic mass is 79.9. The van der Waals surface area contributed by atoms with Gasteiger partial charge in [0.25, 0.3) is 5.95 Å². The molecule has 1 rings (SSSR count). The molecule has 17 heavy (non-hydrogen) atoms. The van der Waals surface area contributed by atoms with Crippen molar-refractivity contribution in [3.63, 3.8) is 0 Å². The van der Waals surface area contributed by atoms with E-state index in [4.69, 9.17) is 9.15 Å². The van der Waals surface area contributed by atoms with Gasteiger partial charge in [0.05, 0.1) is 12.2 Å². The van der Waals surface area contributed by atoms with Crippen LogP contribution >= 0.6 is 15.9 Å². The third-order valence-electron chi connectivity index (χ3n) is 2.42. The zero-order valence-electron chi connectivity index (χ0n) is 9.87. The Balaban J connectivity index is 2.57. The lowest BCUT2D eigenvalue weighted by atomic mass is 10.2. The van der Waals surface area contributed by atoms with E-state index in [9.17, 15) is 9.90 Å². The van der Waals surface area contributed by atoms with Gasteiger partial charge in [-0.15, -0.1) is 0 Å². The molecule has 1 aromatic rings. The second-order valence-corrected chi connectivity index (χ2v) is 4.46. The normalized spacial score (nSPS) is 10.5. The third-order valence-corrected chi connectivity index (χ3v) is 2.98. The van der Waals surface area contributed by atoms with Crippen molar-refractivity contribution >= 4 is 15.9 Å². The fourth-order valence-corrected chi connectivity index (χ4v) is 1.84. The van der Waals surface area contributed by atoms with Gasteiger partial charge in [-0.2, -0.15) is 0 Å². The molecule has 0 aliphatic heterocycles. The van der Waals surface area contributed by atoms with E-state index in [1.807, 2.05) is 0 Å². The largest absolute Gasteiger partial charge is 0.487 e. The van der Waals surface area contributed by atoms with Crippen molar-refractivity contribution in [3.05, 3.63) is 22.0 Å². The van der Waals surface area contributed by atoms with Crippen molar-refractivity contribution in [2.75, 3.05) is 11.9 Å². The summed E-state index contributed by atoms with van der Waals surface area (Å²) in [5, 5.41) is 10.3. The predicted octanol–water partition coefficient (Wildman–Crippen LogP) is 2.85. The standard InChI is InChI=1S/C12H17BrO4/c1-2-9-11(14)10(8-17-12(9)15)16-7-5-3-4-6-13/h8,15H,2-7H2,1H3. The molecule has 0 fully saturated rings. The second-order valence-electron chi connectivity index (χ2n) is 3.66. The maximum Gasteiger partial charge on any atom is 0.289 e. The molecule has 0 atom stereocenters. The minimum Gasteiger partial charge on any atom is -0.487 e. The molecule has 5 heteroatoms. The lowest BCUT2D eigenvalue weighted by molar-refractivity contribution is 0.270. The van der Waals surface area contributed by atoms with Crippen LogP contribution in [0.3, 0.4) is 0 Å². The molecule has 0 aliphatic rings. The number of ether oxygens (including phenoxy) is 1. The first kappa shape index (κ1) is 14.1. The van der Waals surface area contributed by atoms with E-state index in [2.05, 4.69) is 15.9 Å². The third kappa shape index (κ3) is 4.07. The molecule has 0 amide bonds. The number of halogens is 1. The summed E-state index contributed by atoms with van der Waals surface area (Å²) in [5.74, 6) is -0.136. The molecular weight excluding hydrogens is 288 g/mol. The van der Waals surface area contributed by atoms with Crippen molar-refractivity contribution in [3.8, 4) is 11.7 Å². The van der Waals surface area contributed by atoms with Gasteiger partial charge in [0.2, 0.25) is 11.2 Å². The van der Waals surface area contributed by atoms with E-state index < -0.39 is 0 Å². The number of rotatable bonds is 7. The van der Waals surface area contributed by atoms with Gasteiger partial charge >= 0.3 is 0 Å². The van der Waals surface area contributed by atoms with Crippen molar-refractivity contribution in [2.24, 2.45) is 0 Å². The van der Waals surface area contributed by atoms with E-state index in [1.54, 1.807) is 6.92 Å². The van der Waals surface area contributed by atoms with Gasteiger partial charge < -0.3 is 14.3 Å². The highest BCUT2D eigenvalue weighted by Crippen LogP contribution is 2.17. The van der Waals surface area contributed by atoms with Gasteiger partial charge in [0.1, 0.15) is 6.26 Å². The lowest BCUT2D eigenvalue weighted by Crippen LogP contribution is -2.13. The summed E-state index contributed by atoms with van der Waals surface area (Å²) in [6.45, 7) is 2.28.